The van der Waals surface area contributed by atoms with E-state index in [9.17, 15) is 0 Å². The minimum atomic E-state index is 0.706. The van der Waals surface area contributed by atoms with E-state index in [1.807, 2.05) is 0 Å². The molecule has 0 radical (unpaired) electrons. The lowest BCUT2D eigenvalue weighted by molar-refractivity contribution is 0.0969. The first-order valence-electron chi connectivity index (χ1n) is 7.78. The first-order chi connectivity index (χ1) is 9.22. The highest BCUT2D eigenvalue weighted by molar-refractivity contribution is 5.52. The predicted molar refractivity (Wildman–Crippen MR) is 81.6 cm³/mol. The molecular weight excluding hydrogens is 232 g/mol. The van der Waals surface area contributed by atoms with Crippen molar-refractivity contribution in [3.05, 3.63) is 29.8 Å². The molecule has 2 aliphatic rings. The average molecular weight is 258 g/mol. The number of hydrogen-bond acceptors (Lipinski definition) is 2. The number of likely N-dealkylation sites (tertiary alicyclic amines) is 1. The molecule has 3 atom stereocenters. The highest BCUT2D eigenvalue weighted by Gasteiger charge is 2.28. The van der Waals surface area contributed by atoms with Gasteiger partial charge in [-0.05, 0) is 42.7 Å². The third-order valence-electron chi connectivity index (χ3n) is 4.71. The second-order valence-electron chi connectivity index (χ2n) is 6.63. The maximum atomic E-state index is 3.66. The smallest absolute Gasteiger partial charge is 0.0373 e. The van der Waals surface area contributed by atoms with Crippen molar-refractivity contribution < 1.29 is 0 Å². The zero-order valence-corrected chi connectivity index (χ0v) is 12.2. The second kappa shape index (κ2) is 5.54. The maximum absolute atomic E-state index is 3.66. The quantitative estimate of drug-likeness (QED) is 0.830. The van der Waals surface area contributed by atoms with Gasteiger partial charge in [-0.1, -0.05) is 32.0 Å². The van der Waals surface area contributed by atoms with Crippen molar-refractivity contribution in [2.45, 2.75) is 39.2 Å². The number of anilines is 1. The van der Waals surface area contributed by atoms with Crippen LogP contribution < -0.4 is 5.32 Å². The van der Waals surface area contributed by atoms with Crippen molar-refractivity contribution >= 4 is 5.69 Å². The number of aryl methyl sites for hydroxylation is 1. The Kier molecular flexibility index (Phi) is 3.79. The van der Waals surface area contributed by atoms with E-state index in [2.05, 4.69) is 48.3 Å². The summed E-state index contributed by atoms with van der Waals surface area (Å²) in [5.74, 6) is 1.71. The lowest BCUT2D eigenvalue weighted by atomic mass is 9.90. The van der Waals surface area contributed by atoms with Crippen LogP contribution in [0.15, 0.2) is 24.3 Å². The van der Waals surface area contributed by atoms with Gasteiger partial charge in [-0.15, -0.1) is 0 Å². The Morgan fingerprint density at radius 2 is 1.84 bits per heavy atom. The van der Waals surface area contributed by atoms with Gasteiger partial charge in [0.15, 0.2) is 0 Å². The lowest BCUT2D eigenvalue weighted by Gasteiger charge is -2.40. The van der Waals surface area contributed by atoms with Gasteiger partial charge < -0.3 is 5.32 Å². The van der Waals surface area contributed by atoms with Gasteiger partial charge in [0, 0.05) is 31.4 Å². The van der Waals surface area contributed by atoms with E-state index < -0.39 is 0 Å². The van der Waals surface area contributed by atoms with Gasteiger partial charge >= 0.3 is 0 Å². The van der Waals surface area contributed by atoms with Crippen molar-refractivity contribution in [3.8, 4) is 0 Å². The number of piperidine rings is 1. The Labute approximate surface area is 117 Å². The van der Waals surface area contributed by atoms with Crippen LogP contribution in [-0.2, 0) is 6.42 Å². The summed E-state index contributed by atoms with van der Waals surface area (Å²) < 4.78 is 0. The molecule has 2 heteroatoms. The van der Waals surface area contributed by atoms with Crippen LogP contribution in [0.1, 0.15) is 32.3 Å². The van der Waals surface area contributed by atoms with Crippen LogP contribution in [0, 0.1) is 11.8 Å². The van der Waals surface area contributed by atoms with Crippen molar-refractivity contribution in [2.75, 3.05) is 25.0 Å². The summed E-state index contributed by atoms with van der Waals surface area (Å²) in [6.45, 7) is 8.49. The Hall–Kier alpha value is -1.02. The number of fused-ring (bicyclic) bond motifs is 1. The molecular formula is C17H26N2. The van der Waals surface area contributed by atoms with Gasteiger partial charge in [0.1, 0.15) is 0 Å². The van der Waals surface area contributed by atoms with E-state index in [-0.39, 0.29) is 0 Å². The summed E-state index contributed by atoms with van der Waals surface area (Å²) in [6.07, 6.45) is 3.91. The van der Waals surface area contributed by atoms with Crippen molar-refractivity contribution in [1.82, 2.24) is 4.90 Å². The van der Waals surface area contributed by atoms with E-state index in [0.717, 1.165) is 18.4 Å². The number of hydrogen-bond donors (Lipinski definition) is 1. The molecule has 2 heterocycles. The maximum Gasteiger partial charge on any atom is 0.0373 e. The Bertz CT molecular complexity index is 392. The first-order valence-corrected chi connectivity index (χ1v) is 7.78. The zero-order valence-electron chi connectivity index (χ0n) is 12.2. The summed E-state index contributed by atoms with van der Waals surface area (Å²) in [4.78, 5) is 2.73. The first kappa shape index (κ1) is 13.0. The molecule has 0 saturated carbocycles. The molecule has 3 unspecified atom stereocenters. The van der Waals surface area contributed by atoms with Crippen LogP contribution in [0.2, 0.25) is 0 Å². The molecule has 1 saturated heterocycles. The van der Waals surface area contributed by atoms with Crippen LogP contribution in [0.4, 0.5) is 5.69 Å². The molecule has 0 bridgehead atoms. The van der Waals surface area contributed by atoms with Crippen LogP contribution in [0.5, 0.6) is 0 Å². The molecule has 104 valence electrons. The second-order valence-corrected chi connectivity index (χ2v) is 6.63. The van der Waals surface area contributed by atoms with E-state index in [0.29, 0.717) is 6.04 Å². The Morgan fingerprint density at radius 3 is 2.63 bits per heavy atom. The topological polar surface area (TPSA) is 15.3 Å². The molecule has 0 amide bonds. The van der Waals surface area contributed by atoms with Crippen LogP contribution >= 0.6 is 0 Å². The number of nitrogens with one attached hydrogen (secondary N) is 1. The minimum absolute atomic E-state index is 0.706. The molecule has 2 nitrogen and oxygen atoms in total. The minimum Gasteiger partial charge on any atom is -0.383 e. The van der Waals surface area contributed by atoms with E-state index >= 15 is 0 Å². The Morgan fingerprint density at radius 1 is 1.11 bits per heavy atom. The van der Waals surface area contributed by atoms with Gasteiger partial charge in [0.2, 0.25) is 0 Å². The largest absolute Gasteiger partial charge is 0.383 e. The molecule has 3 rings (SSSR count). The number of para-hydroxylation sites is 1. The van der Waals surface area contributed by atoms with Gasteiger partial charge in [0.05, 0.1) is 0 Å². The fourth-order valence-electron chi connectivity index (χ4n) is 3.88. The molecule has 1 fully saturated rings. The van der Waals surface area contributed by atoms with Gasteiger partial charge in [-0.3, -0.25) is 4.90 Å². The summed E-state index contributed by atoms with van der Waals surface area (Å²) >= 11 is 0. The Balaban J connectivity index is 1.68. The average Bonchev–Trinajstić information content (AvgIpc) is 2.60. The van der Waals surface area contributed by atoms with E-state index in [1.165, 1.54) is 43.6 Å². The monoisotopic (exact) mass is 258 g/mol. The molecule has 19 heavy (non-hydrogen) atoms. The molecule has 1 aromatic rings. The summed E-state index contributed by atoms with van der Waals surface area (Å²) in [7, 11) is 0. The third kappa shape index (κ3) is 2.94. The third-order valence-corrected chi connectivity index (χ3v) is 4.71. The van der Waals surface area contributed by atoms with Gasteiger partial charge in [0.25, 0.3) is 0 Å². The van der Waals surface area contributed by atoms with Crippen molar-refractivity contribution in [2.24, 2.45) is 11.8 Å². The highest BCUT2D eigenvalue weighted by Crippen LogP contribution is 2.27. The zero-order chi connectivity index (χ0) is 13.2. The number of rotatable bonds is 1. The summed E-state index contributed by atoms with van der Waals surface area (Å²) in [5, 5.41) is 3.66. The normalized spacial score (nSPS) is 32.2. The molecule has 1 aromatic carbocycles. The van der Waals surface area contributed by atoms with E-state index in [1.54, 1.807) is 0 Å². The van der Waals surface area contributed by atoms with Gasteiger partial charge in [-0.25, -0.2) is 0 Å². The molecule has 1 N–H and O–H groups in total. The molecule has 2 aliphatic heterocycles. The van der Waals surface area contributed by atoms with Crippen molar-refractivity contribution in [1.29, 1.82) is 0 Å². The molecule has 0 aliphatic carbocycles. The highest BCUT2D eigenvalue weighted by atomic mass is 15.2. The fourth-order valence-corrected chi connectivity index (χ4v) is 3.88. The SMILES string of the molecule is CC1CC(C)CN(C2CCc3ccccc3NC2)C1. The van der Waals surface area contributed by atoms with Crippen LogP contribution in [-0.4, -0.2) is 30.6 Å². The molecule has 0 aromatic heterocycles. The number of benzene rings is 1. The predicted octanol–water partition coefficient (Wildman–Crippen LogP) is 3.39. The van der Waals surface area contributed by atoms with E-state index in [4.69, 9.17) is 0 Å². The lowest BCUT2D eigenvalue weighted by Crippen LogP contribution is -2.47. The standard InChI is InChI=1S/C17H26N2/c1-13-9-14(2)12-19(11-13)16-8-7-15-5-3-4-6-17(15)18-10-16/h3-6,13-14,16,18H,7-12H2,1-2H3. The van der Waals surface area contributed by atoms with Gasteiger partial charge in [-0.2, -0.15) is 0 Å². The summed E-state index contributed by atoms with van der Waals surface area (Å²) in [5.41, 5.74) is 2.84. The van der Waals surface area contributed by atoms with Crippen molar-refractivity contribution in [3.63, 3.8) is 0 Å². The fraction of sp³-hybridized carbons (Fsp3) is 0.647. The van der Waals surface area contributed by atoms with Crippen LogP contribution in [0.3, 0.4) is 0 Å². The number of nitrogens with zero attached hydrogens (tertiary/aromatic N) is 1. The summed E-state index contributed by atoms with van der Waals surface area (Å²) in [6, 6.07) is 9.49. The van der Waals surface area contributed by atoms with Crippen LogP contribution in [0.25, 0.3) is 0 Å². The molecule has 0 spiro atoms.